The molecule has 1 saturated carbocycles. The number of esters is 1. The lowest BCUT2D eigenvalue weighted by molar-refractivity contribution is -0.605. The molecule has 2 heterocycles. The molecule has 10 nitrogen and oxygen atoms in total. The fourth-order valence-electron chi connectivity index (χ4n) is 4.86. The Labute approximate surface area is 279 Å². The second-order valence-corrected chi connectivity index (χ2v) is 14.6. The van der Waals surface area contributed by atoms with Crippen molar-refractivity contribution in [2.24, 2.45) is 5.92 Å². The van der Waals surface area contributed by atoms with Gasteiger partial charge in [-0.2, -0.15) is 17.8 Å². The van der Waals surface area contributed by atoms with E-state index in [0.717, 1.165) is 46.9 Å². The molecule has 0 unspecified atom stereocenters. The number of benzene rings is 2. The Morgan fingerprint density at radius 3 is 2.48 bits per heavy atom. The predicted octanol–water partition coefficient (Wildman–Crippen LogP) is 5.92. The Balaban J connectivity index is 1.48. The van der Waals surface area contributed by atoms with Crippen LogP contribution in [0.25, 0.3) is 0 Å². The van der Waals surface area contributed by atoms with Gasteiger partial charge >= 0.3 is 12.6 Å². The molecule has 3 aromatic rings. The molecule has 1 aromatic heterocycles. The quantitative estimate of drug-likeness (QED) is 0.121. The molecular formula is C30H30Cl2F2N2O8S2. The fraction of sp³-hybridized carbons (Fsp3) is 0.400. The van der Waals surface area contributed by atoms with Crippen LogP contribution in [-0.2, 0) is 26.0 Å². The number of alkyl halides is 2. The topological polar surface area (TPSA) is 118 Å². The van der Waals surface area contributed by atoms with E-state index in [2.05, 4.69) is 4.74 Å². The van der Waals surface area contributed by atoms with E-state index in [9.17, 15) is 27.2 Å². The van der Waals surface area contributed by atoms with Crippen LogP contribution in [0, 0.1) is 18.0 Å². The third-order valence-corrected chi connectivity index (χ3v) is 11.3. The Kier molecular flexibility index (Phi) is 10.7. The molecule has 2 aromatic carbocycles. The van der Waals surface area contributed by atoms with Crippen molar-refractivity contribution < 1.29 is 45.7 Å². The number of aryl methyl sites for hydroxylation is 1. The highest BCUT2D eigenvalue weighted by Gasteiger charge is 2.43. The van der Waals surface area contributed by atoms with Gasteiger partial charge in [0, 0.05) is 24.3 Å². The highest BCUT2D eigenvalue weighted by Crippen LogP contribution is 2.40. The van der Waals surface area contributed by atoms with Crippen molar-refractivity contribution in [1.82, 2.24) is 4.31 Å². The van der Waals surface area contributed by atoms with Gasteiger partial charge in [-0.25, -0.2) is 13.2 Å². The van der Waals surface area contributed by atoms with Crippen molar-refractivity contribution in [2.75, 3.05) is 26.0 Å². The normalized spacial score (nSPS) is 17.6. The molecule has 5 rings (SSSR count). The van der Waals surface area contributed by atoms with Gasteiger partial charge in [-0.05, 0) is 61.1 Å². The van der Waals surface area contributed by atoms with Crippen LogP contribution in [0.3, 0.4) is 0 Å². The highest BCUT2D eigenvalue weighted by molar-refractivity contribution is 8.02. The first-order valence-corrected chi connectivity index (χ1v) is 17.4. The predicted molar refractivity (Wildman–Crippen MR) is 167 cm³/mol. The smallest absolute Gasteiger partial charge is 0.387 e. The average Bonchev–Trinajstić information content (AvgIpc) is 3.68. The van der Waals surface area contributed by atoms with Gasteiger partial charge in [-0.3, -0.25) is 0 Å². The SMILES string of the molecule is COc1cc(C)ccc1S(=O)(=O)N1CCS[C@H]1C(=O)O[C@@H](Cc1c(Cl)c[n+]([O-])cc1Cl)c1ccc(OC(F)F)c(OCC2CC2)c1. The van der Waals surface area contributed by atoms with Gasteiger partial charge in [-0.1, -0.05) is 35.3 Å². The van der Waals surface area contributed by atoms with E-state index in [4.69, 9.17) is 37.4 Å². The molecule has 0 radical (unpaired) electrons. The second-order valence-electron chi connectivity index (χ2n) is 10.8. The van der Waals surface area contributed by atoms with Crippen LogP contribution in [-0.4, -0.2) is 56.7 Å². The van der Waals surface area contributed by atoms with Crippen molar-refractivity contribution in [1.29, 1.82) is 0 Å². The summed E-state index contributed by atoms with van der Waals surface area (Å²) in [5.74, 6) is -0.330. The number of pyridine rings is 1. The summed E-state index contributed by atoms with van der Waals surface area (Å²) >= 11 is 13.8. The highest BCUT2D eigenvalue weighted by atomic mass is 35.5. The number of carbonyl (C=O) groups is 1. The minimum absolute atomic E-state index is 0.00248. The summed E-state index contributed by atoms with van der Waals surface area (Å²) in [6.07, 6.45) is 2.76. The number of halogens is 4. The van der Waals surface area contributed by atoms with Gasteiger partial charge in [0.2, 0.25) is 10.0 Å². The fourth-order valence-corrected chi connectivity index (χ4v) is 8.65. The summed E-state index contributed by atoms with van der Waals surface area (Å²) in [5, 5.41) is 10.6. The summed E-state index contributed by atoms with van der Waals surface area (Å²) in [7, 11) is -2.85. The number of thioether (sulfide) groups is 1. The monoisotopic (exact) mass is 718 g/mol. The molecule has 2 atom stereocenters. The molecular weight excluding hydrogens is 689 g/mol. The molecule has 46 heavy (non-hydrogen) atoms. The number of hydrogen-bond donors (Lipinski definition) is 0. The molecule has 0 spiro atoms. The standard InChI is InChI=1S/C30H30Cl2F2N2O8S2/c1-17-3-8-27(26(11-17)41-2)46(39,40)36-9-10-45-28(36)29(37)43-24(13-20-21(31)14-35(38)15-22(20)32)19-6-7-23(44-30(33)34)25(12-19)42-16-18-4-5-18/h3,6-8,11-12,14-15,18,24,28,30H,4-5,9-10,13,16H2,1-2H3/t24-,28-/m0/s1. The minimum atomic E-state index is -4.20. The third kappa shape index (κ3) is 7.91. The number of carbonyl (C=O) groups excluding carboxylic acids is 1. The zero-order chi connectivity index (χ0) is 33.2. The lowest BCUT2D eigenvalue weighted by atomic mass is 10.0. The van der Waals surface area contributed by atoms with E-state index in [1.165, 1.54) is 31.4 Å². The van der Waals surface area contributed by atoms with E-state index >= 15 is 0 Å². The van der Waals surface area contributed by atoms with E-state index in [-0.39, 0.29) is 63.2 Å². The van der Waals surface area contributed by atoms with E-state index < -0.39 is 34.1 Å². The second kappa shape index (κ2) is 14.4. The van der Waals surface area contributed by atoms with Crippen molar-refractivity contribution in [2.45, 2.75) is 49.2 Å². The van der Waals surface area contributed by atoms with Gasteiger partial charge in [0.15, 0.2) is 29.3 Å². The average molecular weight is 720 g/mol. The Morgan fingerprint density at radius 2 is 1.83 bits per heavy atom. The summed E-state index contributed by atoms with van der Waals surface area (Å²) in [4.78, 5) is 13.7. The first-order chi connectivity index (χ1) is 21.9. The molecule has 0 bridgehead atoms. The van der Waals surface area contributed by atoms with Gasteiger partial charge < -0.3 is 24.2 Å². The van der Waals surface area contributed by atoms with Crippen LogP contribution in [0.15, 0.2) is 53.7 Å². The number of methoxy groups -OCH3 is 1. The zero-order valence-electron chi connectivity index (χ0n) is 24.7. The maximum Gasteiger partial charge on any atom is 0.387 e. The lowest BCUT2D eigenvalue weighted by Gasteiger charge is -2.26. The summed E-state index contributed by atoms with van der Waals surface area (Å²) in [6, 6.07) is 8.75. The van der Waals surface area contributed by atoms with Crippen molar-refractivity contribution in [3.05, 3.63) is 80.7 Å². The number of nitrogens with zero attached hydrogens (tertiary/aromatic N) is 2. The first kappa shape index (κ1) is 34.3. The molecule has 0 amide bonds. The molecule has 1 aliphatic carbocycles. The van der Waals surface area contributed by atoms with Crippen molar-refractivity contribution in [3.8, 4) is 17.2 Å². The molecule has 1 aliphatic heterocycles. The maximum absolute atomic E-state index is 13.8. The lowest BCUT2D eigenvalue weighted by Crippen LogP contribution is -2.41. The van der Waals surface area contributed by atoms with Crippen molar-refractivity contribution in [3.63, 3.8) is 0 Å². The van der Waals surface area contributed by atoms with Gasteiger partial charge in [-0.15, -0.1) is 11.8 Å². The van der Waals surface area contributed by atoms with E-state index in [0.29, 0.717) is 16.0 Å². The summed E-state index contributed by atoms with van der Waals surface area (Å²) < 4.78 is 77.1. The van der Waals surface area contributed by atoms with Crippen LogP contribution in [0.1, 0.15) is 35.6 Å². The van der Waals surface area contributed by atoms with Crippen LogP contribution in [0.2, 0.25) is 10.0 Å². The molecule has 2 aliphatic rings. The van der Waals surface area contributed by atoms with Crippen LogP contribution in [0.5, 0.6) is 17.2 Å². The van der Waals surface area contributed by atoms with E-state index in [1.54, 1.807) is 19.1 Å². The van der Waals surface area contributed by atoms with Crippen molar-refractivity contribution >= 4 is 51.0 Å². The molecule has 1 saturated heterocycles. The molecule has 0 N–H and O–H groups in total. The minimum Gasteiger partial charge on any atom is -0.619 e. The number of rotatable bonds is 13. The van der Waals surface area contributed by atoms with E-state index in [1.807, 2.05) is 0 Å². The Bertz CT molecular complexity index is 1690. The maximum atomic E-state index is 13.8. The van der Waals surface area contributed by atoms with Gasteiger partial charge in [0.25, 0.3) is 0 Å². The summed E-state index contributed by atoms with van der Waals surface area (Å²) in [5.41, 5.74) is 1.37. The number of hydrogen-bond acceptors (Lipinski definition) is 9. The number of aromatic nitrogens is 1. The van der Waals surface area contributed by atoms with Crippen LogP contribution >= 0.6 is 35.0 Å². The molecule has 2 fully saturated rings. The Morgan fingerprint density at radius 1 is 1.11 bits per heavy atom. The molecule has 248 valence electrons. The zero-order valence-corrected chi connectivity index (χ0v) is 27.8. The third-order valence-electron chi connectivity index (χ3n) is 7.39. The Hall–Kier alpha value is -3.04. The largest absolute Gasteiger partial charge is 0.619 e. The molecule has 16 heteroatoms. The number of ether oxygens (including phenoxy) is 4. The number of sulfonamides is 1. The van der Waals surface area contributed by atoms with Crippen LogP contribution < -0.4 is 18.9 Å². The van der Waals surface area contributed by atoms with Gasteiger partial charge in [0.05, 0.1) is 13.7 Å². The van der Waals surface area contributed by atoms with Crippen LogP contribution in [0.4, 0.5) is 8.78 Å². The van der Waals surface area contributed by atoms with Gasteiger partial charge in [0.1, 0.15) is 26.8 Å². The first-order valence-electron chi connectivity index (χ1n) is 14.1. The summed E-state index contributed by atoms with van der Waals surface area (Å²) in [6.45, 7) is -1.00.